The fourth-order valence-electron chi connectivity index (χ4n) is 3.22. The van der Waals surface area contributed by atoms with Crippen molar-refractivity contribution in [2.45, 2.75) is 43.0 Å². The number of amides is 1. The summed E-state index contributed by atoms with van der Waals surface area (Å²) >= 11 is 0. The largest absolute Gasteiger partial charge is 0.416 e. The summed E-state index contributed by atoms with van der Waals surface area (Å²) < 4.78 is 71.3. The summed E-state index contributed by atoms with van der Waals surface area (Å²) in [5.41, 5.74) is -0.297. The minimum atomic E-state index is -4.47. The number of ether oxygens (including phenoxy) is 1. The molecule has 6 nitrogen and oxygen atoms in total. The quantitative estimate of drug-likeness (QED) is 0.666. The van der Waals surface area contributed by atoms with Crippen molar-refractivity contribution < 1.29 is 31.1 Å². The Balaban J connectivity index is 1.63. The number of rotatable bonds is 7. The number of alkyl halides is 3. The molecule has 2 N–H and O–H groups in total. The number of sulfonamides is 1. The van der Waals surface area contributed by atoms with Gasteiger partial charge in [-0.1, -0.05) is 12.1 Å². The minimum Gasteiger partial charge on any atom is -0.377 e. The highest BCUT2D eigenvalue weighted by Gasteiger charge is 2.30. The first-order chi connectivity index (χ1) is 14.6. The third kappa shape index (κ3) is 6.05. The molecule has 0 aliphatic carbocycles. The number of benzene rings is 2. The van der Waals surface area contributed by atoms with E-state index in [1.165, 1.54) is 36.4 Å². The number of hydrogen-bond donors (Lipinski definition) is 2. The average molecular weight is 456 g/mol. The van der Waals surface area contributed by atoms with Gasteiger partial charge in [0.05, 0.1) is 22.6 Å². The highest BCUT2D eigenvalue weighted by molar-refractivity contribution is 7.89. The number of nitrogens with one attached hydrogen (secondary N) is 2. The van der Waals surface area contributed by atoms with Crippen molar-refractivity contribution in [3.05, 3.63) is 65.2 Å². The second-order valence-corrected chi connectivity index (χ2v) is 9.10. The number of carbonyl (C=O) groups excluding carboxylic acids is 1. The first-order valence-electron chi connectivity index (χ1n) is 9.75. The Morgan fingerprint density at radius 3 is 2.52 bits per heavy atom. The first-order valence-corrected chi connectivity index (χ1v) is 11.2. The lowest BCUT2D eigenvalue weighted by Crippen LogP contribution is -2.32. The lowest BCUT2D eigenvalue weighted by molar-refractivity contribution is -0.137. The molecule has 0 radical (unpaired) electrons. The molecule has 168 valence electrons. The molecule has 2 aromatic carbocycles. The predicted octanol–water partition coefficient (Wildman–Crippen LogP) is 3.65. The smallest absolute Gasteiger partial charge is 0.377 e. The third-order valence-electron chi connectivity index (χ3n) is 5.01. The van der Waals surface area contributed by atoms with Crippen LogP contribution in [0.4, 0.5) is 13.2 Å². The van der Waals surface area contributed by atoms with Gasteiger partial charge in [-0.2, -0.15) is 13.2 Å². The highest BCUT2D eigenvalue weighted by atomic mass is 32.2. The Labute approximate surface area is 178 Å². The van der Waals surface area contributed by atoms with E-state index in [1.807, 2.05) is 0 Å². The maximum absolute atomic E-state index is 12.9. The highest BCUT2D eigenvalue weighted by Crippen LogP contribution is 2.30. The van der Waals surface area contributed by atoms with Crippen LogP contribution in [0.5, 0.6) is 0 Å². The van der Waals surface area contributed by atoms with Crippen LogP contribution in [0, 0.1) is 0 Å². The summed E-state index contributed by atoms with van der Waals surface area (Å²) in [5.74, 6) is -0.527. The summed E-state index contributed by atoms with van der Waals surface area (Å²) in [6.07, 6.45) is -2.92. The molecular formula is C21H23F3N2O4S. The molecule has 1 aliphatic rings. The van der Waals surface area contributed by atoms with Gasteiger partial charge in [-0.15, -0.1) is 0 Å². The monoisotopic (exact) mass is 456 g/mol. The number of hydrogen-bond acceptors (Lipinski definition) is 4. The molecule has 2 aromatic rings. The van der Waals surface area contributed by atoms with Crippen LogP contribution in [0.1, 0.15) is 47.3 Å². The molecule has 1 saturated heterocycles. The van der Waals surface area contributed by atoms with Crippen molar-refractivity contribution in [2.24, 2.45) is 0 Å². The van der Waals surface area contributed by atoms with Crippen LogP contribution >= 0.6 is 0 Å². The van der Waals surface area contributed by atoms with Gasteiger partial charge in [0.15, 0.2) is 0 Å². The van der Waals surface area contributed by atoms with E-state index < -0.39 is 33.7 Å². The van der Waals surface area contributed by atoms with Gasteiger partial charge < -0.3 is 10.1 Å². The van der Waals surface area contributed by atoms with Gasteiger partial charge in [0.2, 0.25) is 10.0 Å². The van der Waals surface area contributed by atoms with Crippen molar-refractivity contribution >= 4 is 15.9 Å². The molecular weight excluding hydrogens is 433 g/mol. The van der Waals surface area contributed by atoms with E-state index in [0.717, 1.165) is 25.0 Å². The summed E-state index contributed by atoms with van der Waals surface area (Å²) in [7, 11) is -3.74. The van der Waals surface area contributed by atoms with E-state index in [-0.39, 0.29) is 23.1 Å². The molecule has 1 amide bonds. The topological polar surface area (TPSA) is 84.5 Å². The molecule has 0 spiro atoms. The molecule has 2 atom stereocenters. The standard InChI is InChI=1S/C21H23F3N2O4S/c1-14(16-4-2-5-17(12-16)21(22,23)24)26-20(27)15-7-9-19(10-8-15)31(28,29)25-13-18-6-3-11-30-18/h2,4-5,7-10,12,14,18,25H,3,6,11,13H2,1H3,(H,26,27)/t14-,18-/m0/s1. The van der Waals surface area contributed by atoms with E-state index in [9.17, 15) is 26.4 Å². The van der Waals surface area contributed by atoms with Crippen LogP contribution in [-0.2, 0) is 20.9 Å². The second kappa shape index (κ2) is 9.37. The summed E-state index contributed by atoms with van der Waals surface area (Å²) in [6.45, 7) is 2.37. The molecule has 3 rings (SSSR count). The van der Waals surface area contributed by atoms with Crippen molar-refractivity contribution in [3.63, 3.8) is 0 Å². The minimum absolute atomic E-state index is 0.00738. The third-order valence-corrected chi connectivity index (χ3v) is 6.45. The van der Waals surface area contributed by atoms with E-state index in [2.05, 4.69) is 10.0 Å². The predicted molar refractivity (Wildman–Crippen MR) is 108 cm³/mol. The Hall–Kier alpha value is -2.43. The second-order valence-electron chi connectivity index (χ2n) is 7.33. The van der Waals surface area contributed by atoms with Crippen molar-refractivity contribution in [1.82, 2.24) is 10.0 Å². The number of carbonyl (C=O) groups is 1. The van der Waals surface area contributed by atoms with E-state index in [1.54, 1.807) is 6.92 Å². The van der Waals surface area contributed by atoms with Gasteiger partial charge in [0, 0.05) is 18.7 Å². The zero-order valence-electron chi connectivity index (χ0n) is 16.8. The SMILES string of the molecule is C[C@H](NC(=O)c1ccc(S(=O)(=O)NC[C@@H]2CCCO2)cc1)c1cccc(C(F)(F)F)c1. The fourth-order valence-corrected chi connectivity index (χ4v) is 4.29. The van der Waals surface area contributed by atoms with Crippen molar-refractivity contribution in [2.75, 3.05) is 13.2 Å². The van der Waals surface area contributed by atoms with Gasteiger partial charge in [-0.3, -0.25) is 4.79 Å². The maximum atomic E-state index is 12.9. The van der Waals surface area contributed by atoms with Crippen molar-refractivity contribution in [3.8, 4) is 0 Å². The van der Waals surface area contributed by atoms with Gasteiger partial charge in [0.1, 0.15) is 0 Å². The zero-order chi connectivity index (χ0) is 22.6. The van der Waals surface area contributed by atoms with Crippen LogP contribution in [0.2, 0.25) is 0 Å². The van der Waals surface area contributed by atoms with Gasteiger partial charge in [0.25, 0.3) is 5.91 Å². The molecule has 1 fully saturated rings. The Kier molecular flexibility index (Phi) is 7.03. The summed E-state index contributed by atoms with van der Waals surface area (Å²) in [4.78, 5) is 12.5. The molecule has 0 unspecified atom stereocenters. The summed E-state index contributed by atoms with van der Waals surface area (Å²) in [5, 5.41) is 2.62. The first kappa shape index (κ1) is 23.2. The molecule has 1 heterocycles. The lowest BCUT2D eigenvalue weighted by atomic mass is 10.0. The van der Waals surface area contributed by atoms with E-state index in [4.69, 9.17) is 4.74 Å². The summed E-state index contributed by atoms with van der Waals surface area (Å²) in [6, 6.07) is 9.38. The van der Waals surface area contributed by atoms with E-state index in [0.29, 0.717) is 12.2 Å². The molecule has 10 heteroatoms. The van der Waals surface area contributed by atoms with Crippen molar-refractivity contribution in [1.29, 1.82) is 0 Å². The van der Waals surface area contributed by atoms with Crippen LogP contribution in [0.25, 0.3) is 0 Å². The van der Waals surface area contributed by atoms with Crippen LogP contribution in [0.15, 0.2) is 53.4 Å². The van der Waals surface area contributed by atoms with Crippen LogP contribution in [-0.4, -0.2) is 33.6 Å². The normalized spacial score (nSPS) is 18.0. The van der Waals surface area contributed by atoms with Gasteiger partial charge >= 0.3 is 6.18 Å². The van der Waals surface area contributed by atoms with Gasteiger partial charge in [-0.25, -0.2) is 13.1 Å². The van der Waals surface area contributed by atoms with Crippen LogP contribution in [0.3, 0.4) is 0 Å². The average Bonchev–Trinajstić information content (AvgIpc) is 3.26. The Bertz CT molecular complexity index is 1020. The number of halogens is 3. The molecule has 0 saturated carbocycles. The lowest BCUT2D eigenvalue weighted by Gasteiger charge is -2.16. The Morgan fingerprint density at radius 2 is 1.90 bits per heavy atom. The van der Waals surface area contributed by atoms with Crippen LogP contribution < -0.4 is 10.0 Å². The molecule has 0 aromatic heterocycles. The molecule has 1 aliphatic heterocycles. The molecule has 0 bridgehead atoms. The fraction of sp³-hybridized carbons (Fsp3) is 0.381. The Morgan fingerprint density at radius 1 is 1.19 bits per heavy atom. The zero-order valence-corrected chi connectivity index (χ0v) is 17.6. The van der Waals surface area contributed by atoms with E-state index >= 15 is 0 Å². The van der Waals surface area contributed by atoms with Gasteiger partial charge in [-0.05, 0) is 61.7 Å². The molecule has 31 heavy (non-hydrogen) atoms. The maximum Gasteiger partial charge on any atom is 0.416 e.